The molecule has 1 fully saturated rings. The van der Waals surface area contributed by atoms with E-state index in [4.69, 9.17) is 27.8 Å². The topological polar surface area (TPSA) is 93.6 Å². The van der Waals surface area contributed by atoms with Crippen LogP contribution in [0.3, 0.4) is 0 Å². The fraction of sp³-hybridized carbons (Fsp3) is 0.462. The predicted molar refractivity (Wildman–Crippen MR) is 80.7 cm³/mol. The Morgan fingerprint density at radius 2 is 2.05 bits per heavy atom. The SMILES string of the molecule is Nc1cc(N)c(NCCC(=O)N2CCOCC2)c(F)c1Cl. The third-order valence-corrected chi connectivity index (χ3v) is 3.65. The number of rotatable bonds is 4. The summed E-state index contributed by atoms with van der Waals surface area (Å²) in [6, 6.07) is 1.39. The molecule has 2 rings (SSSR count). The standard InChI is InChI=1S/C13H18ClFN4O2/c14-11-8(16)7-9(17)13(12(11)15)18-2-1-10(20)19-3-5-21-6-4-19/h7,18H,1-6,16-17H2. The number of amides is 1. The van der Waals surface area contributed by atoms with E-state index in [0.717, 1.165) is 0 Å². The van der Waals surface area contributed by atoms with Gasteiger partial charge in [0.15, 0.2) is 5.82 Å². The maximum atomic E-state index is 13.9. The molecule has 0 spiro atoms. The minimum Gasteiger partial charge on any atom is -0.397 e. The number of ether oxygens (including phenoxy) is 1. The van der Waals surface area contributed by atoms with Crippen LogP contribution in [0, 0.1) is 5.82 Å². The molecule has 0 bridgehead atoms. The smallest absolute Gasteiger partial charge is 0.224 e. The number of nitrogens with one attached hydrogen (secondary N) is 1. The van der Waals surface area contributed by atoms with Crippen molar-refractivity contribution in [3.8, 4) is 0 Å². The Bertz CT molecular complexity index is 535. The number of benzene rings is 1. The first kappa shape index (κ1) is 15.7. The number of nitrogen functional groups attached to an aromatic ring is 2. The molecule has 21 heavy (non-hydrogen) atoms. The zero-order chi connectivity index (χ0) is 15.4. The van der Waals surface area contributed by atoms with E-state index in [0.29, 0.717) is 26.3 Å². The van der Waals surface area contributed by atoms with Crippen molar-refractivity contribution in [1.29, 1.82) is 0 Å². The summed E-state index contributed by atoms with van der Waals surface area (Å²) in [5.41, 5.74) is 11.5. The minimum absolute atomic E-state index is 0.00804. The second-order valence-corrected chi connectivity index (χ2v) is 5.11. The number of anilines is 3. The minimum atomic E-state index is -0.701. The normalized spacial score (nSPS) is 15.0. The number of hydrogen-bond donors (Lipinski definition) is 3. The molecule has 5 N–H and O–H groups in total. The summed E-state index contributed by atoms with van der Waals surface area (Å²) in [7, 11) is 0. The van der Waals surface area contributed by atoms with Crippen LogP contribution in [0.5, 0.6) is 0 Å². The number of nitrogens with zero attached hydrogens (tertiary/aromatic N) is 1. The van der Waals surface area contributed by atoms with Crippen molar-refractivity contribution in [3.05, 3.63) is 16.9 Å². The van der Waals surface area contributed by atoms with Crippen LogP contribution < -0.4 is 16.8 Å². The second-order valence-electron chi connectivity index (χ2n) is 4.73. The van der Waals surface area contributed by atoms with Crippen molar-refractivity contribution in [3.63, 3.8) is 0 Å². The fourth-order valence-corrected chi connectivity index (χ4v) is 2.26. The fourth-order valence-electron chi connectivity index (χ4n) is 2.11. The van der Waals surface area contributed by atoms with Gasteiger partial charge in [-0.25, -0.2) is 4.39 Å². The Hall–Kier alpha value is -1.73. The van der Waals surface area contributed by atoms with E-state index in [1.54, 1.807) is 4.90 Å². The summed E-state index contributed by atoms with van der Waals surface area (Å²) in [6.07, 6.45) is 0.237. The first-order valence-electron chi connectivity index (χ1n) is 6.63. The summed E-state index contributed by atoms with van der Waals surface area (Å²) in [5, 5.41) is 2.63. The molecule has 0 aromatic heterocycles. The van der Waals surface area contributed by atoms with Gasteiger partial charge in [-0.1, -0.05) is 11.6 Å². The molecule has 1 aromatic rings. The van der Waals surface area contributed by atoms with Gasteiger partial charge in [-0.3, -0.25) is 4.79 Å². The Labute approximate surface area is 127 Å². The third-order valence-electron chi connectivity index (χ3n) is 3.27. The van der Waals surface area contributed by atoms with Crippen molar-refractivity contribution in [2.24, 2.45) is 0 Å². The summed E-state index contributed by atoms with van der Waals surface area (Å²) in [6.45, 7) is 2.53. The summed E-state index contributed by atoms with van der Waals surface area (Å²) >= 11 is 5.73. The van der Waals surface area contributed by atoms with Crippen LogP contribution in [0.25, 0.3) is 0 Å². The van der Waals surface area contributed by atoms with E-state index in [-0.39, 0.29) is 41.0 Å². The average molecular weight is 317 g/mol. The molecule has 1 heterocycles. The first-order chi connectivity index (χ1) is 10.0. The zero-order valence-corrected chi connectivity index (χ0v) is 12.3. The van der Waals surface area contributed by atoms with Crippen molar-refractivity contribution in [2.45, 2.75) is 6.42 Å². The highest BCUT2D eigenvalue weighted by molar-refractivity contribution is 6.33. The third kappa shape index (κ3) is 3.68. The van der Waals surface area contributed by atoms with Crippen LogP contribution in [0.1, 0.15) is 6.42 Å². The van der Waals surface area contributed by atoms with Gasteiger partial charge in [-0.2, -0.15) is 0 Å². The van der Waals surface area contributed by atoms with E-state index in [2.05, 4.69) is 5.32 Å². The molecule has 6 nitrogen and oxygen atoms in total. The van der Waals surface area contributed by atoms with Crippen LogP contribution in [0.15, 0.2) is 6.07 Å². The van der Waals surface area contributed by atoms with Gasteiger partial charge in [0.1, 0.15) is 5.02 Å². The van der Waals surface area contributed by atoms with Crippen LogP contribution >= 0.6 is 11.6 Å². The van der Waals surface area contributed by atoms with E-state index in [1.165, 1.54) is 6.07 Å². The Kier molecular flexibility index (Phi) is 5.08. The molecule has 0 saturated carbocycles. The number of nitrogens with two attached hydrogens (primary N) is 2. The van der Waals surface area contributed by atoms with Gasteiger partial charge >= 0.3 is 0 Å². The average Bonchev–Trinajstić information content (AvgIpc) is 2.49. The second kappa shape index (κ2) is 6.82. The first-order valence-corrected chi connectivity index (χ1v) is 7.01. The van der Waals surface area contributed by atoms with E-state index in [1.807, 2.05) is 0 Å². The lowest BCUT2D eigenvalue weighted by atomic mass is 10.2. The highest BCUT2D eigenvalue weighted by atomic mass is 35.5. The molecule has 0 atom stereocenters. The summed E-state index contributed by atoms with van der Waals surface area (Å²) < 4.78 is 19.1. The molecule has 1 aliphatic rings. The lowest BCUT2D eigenvalue weighted by Crippen LogP contribution is -2.41. The van der Waals surface area contributed by atoms with Gasteiger partial charge in [0.05, 0.1) is 30.3 Å². The van der Waals surface area contributed by atoms with Gasteiger partial charge in [0, 0.05) is 26.1 Å². The number of carbonyl (C=O) groups is 1. The Balaban J connectivity index is 1.91. The molecule has 1 saturated heterocycles. The lowest BCUT2D eigenvalue weighted by Gasteiger charge is -2.27. The molecule has 1 amide bonds. The summed E-state index contributed by atoms with van der Waals surface area (Å²) in [4.78, 5) is 13.7. The maximum absolute atomic E-state index is 13.9. The van der Waals surface area contributed by atoms with Crippen molar-refractivity contribution in [2.75, 3.05) is 49.6 Å². The van der Waals surface area contributed by atoms with Gasteiger partial charge in [0.2, 0.25) is 5.91 Å². The van der Waals surface area contributed by atoms with E-state index >= 15 is 0 Å². The molecule has 0 unspecified atom stereocenters. The molecule has 0 radical (unpaired) electrons. The molecule has 1 aromatic carbocycles. The van der Waals surface area contributed by atoms with E-state index in [9.17, 15) is 9.18 Å². The van der Waals surface area contributed by atoms with Crippen LogP contribution in [0.4, 0.5) is 21.5 Å². The van der Waals surface area contributed by atoms with Crippen LogP contribution in [0.2, 0.25) is 5.02 Å². The molecule has 0 aliphatic carbocycles. The van der Waals surface area contributed by atoms with Crippen LogP contribution in [-0.2, 0) is 9.53 Å². The van der Waals surface area contributed by atoms with Gasteiger partial charge in [-0.15, -0.1) is 0 Å². The number of halogens is 2. The lowest BCUT2D eigenvalue weighted by molar-refractivity contribution is -0.134. The Morgan fingerprint density at radius 3 is 2.71 bits per heavy atom. The number of hydrogen-bond acceptors (Lipinski definition) is 5. The van der Waals surface area contributed by atoms with Gasteiger partial charge in [0.25, 0.3) is 0 Å². The highest BCUT2D eigenvalue weighted by Crippen LogP contribution is 2.33. The molecular formula is C13H18ClFN4O2. The quantitative estimate of drug-likeness (QED) is 0.728. The molecule has 8 heteroatoms. The zero-order valence-electron chi connectivity index (χ0n) is 11.5. The van der Waals surface area contributed by atoms with Crippen molar-refractivity contribution in [1.82, 2.24) is 4.90 Å². The van der Waals surface area contributed by atoms with E-state index < -0.39 is 5.82 Å². The highest BCUT2D eigenvalue weighted by Gasteiger charge is 2.17. The number of carbonyl (C=O) groups excluding carboxylic acids is 1. The number of morpholine rings is 1. The largest absolute Gasteiger partial charge is 0.397 e. The predicted octanol–water partition coefficient (Wildman–Crippen LogP) is 1.30. The van der Waals surface area contributed by atoms with Gasteiger partial charge < -0.3 is 26.4 Å². The van der Waals surface area contributed by atoms with Crippen LogP contribution in [-0.4, -0.2) is 43.7 Å². The van der Waals surface area contributed by atoms with Crippen molar-refractivity contribution >= 4 is 34.6 Å². The molecular weight excluding hydrogens is 299 g/mol. The van der Waals surface area contributed by atoms with Gasteiger partial charge in [-0.05, 0) is 6.07 Å². The monoisotopic (exact) mass is 316 g/mol. The summed E-state index contributed by atoms with van der Waals surface area (Å²) in [5.74, 6) is -0.709. The Morgan fingerprint density at radius 1 is 1.38 bits per heavy atom. The molecule has 1 aliphatic heterocycles. The molecule has 116 valence electrons. The maximum Gasteiger partial charge on any atom is 0.224 e. The van der Waals surface area contributed by atoms with Crippen molar-refractivity contribution < 1.29 is 13.9 Å².